The number of amides is 2. The average Bonchev–Trinajstić information content (AvgIpc) is 3.29. The fraction of sp³-hybridized carbons (Fsp3) is 0.250. The van der Waals surface area contributed by atoms with Gasteiger partial charge in [0, 0.05) is 28.4 Å². The van der Waals surface area contributed by atoms with E-state index >= 15 is 0 Å². The molecule has 1 aromatic heterocycles. The average molecular weight is 455 g/mol. The number of imidazole rings is 1. The van der Waals surface area contributed by atoms with Crippen molar-refractivity contribution in [3.8, 4) is 11.4 Å². The Kier molecular flexibility index (Phi) is 7.38. The first-order chi connectivity index (χ1) is 16.6. The minimum absolute atomic E-state index is 0.0478. The van der Waals surface area contributed by atoms with Crippen LogP contribution in [0.5, 0.6) is 0 Å². The maximum atomic E-state index is 12.6. The van der Waals surface area contributed by atoms with Gasteiger partial charge in [-0.05, 0) is 67.4 Å². The van der Waals surface area contributed by atoms with Gasteiger partial charge in [0.15, 0.2) is 0 Å². The van der Waals surface area contributed by atoms with Crippen LogP contribution in [-0.4, -0.2) is 21.8 Å². The molecule has 0 bridgehead atoms. The van der Waals surface area contributed by atoms with Crippen molar-refractivity contribution in [2.45, 2.75) is 39.5 Å². The summed E-state index contributed by atoms with van der Waals surface area (Å²) in [4.78, 5) is 33.0. The third-order valence-electron chi connectivity index (χ3n) is 5.97. The van der Waals surface area contributed by atoms with E-state index in [-0.39, 0.29) is 17.7 Å². The zero-order chi connectivity index (χ0) is 23.9. The summed E-state index contributed by atoms with van der Waals surface area (Å²) in [6.45, 7) is 4.20. The number of hydrogen-bond donors (Lipinski definition) is 3. The third-order valence-corrected chi connectivity index (χ3v) is 5.97. The lowest BCUT2D eigenvalue weighted by Gasteiger charge is -2.14. The highest BCUT2D eigenvalue weighted by molar-refractivity contribution is 6.05. The smallest absolute Gasteiger partial charge is 0.255 e. The first-order valence-electron chi connectivity index (χ1n) is 11.8. The van der Waals surface area contributed by atoms with Crippen LogP contribution in [0.15, 0.2) is 72.8 Å². The number of benzene rings is 3. The summed E-state index contributed by atoms with van der Waals surface area (Å²) < 4.78 is 0. The second-order valence-electron chi connectivity index (χ2n) is 8.45. The quantitative estimate of drug-likeness (QED) is 0.265. The fourth-order valence-electron chi connectivity index (χ4n) is 3.94. The lowest BCUT2D eigenvalue weighted by atomic mass is 9.98. The number of aromatic amines is 1. The van der Waals surface area contributed by atoms with Gasteiger partial charge in [-0.2, -0.15) is 0 Å². The molecule has 1 unspecified atom stereocenters. The Bertz CT molecular complexity index is 1260. The van der Waals surface area contributed by atoms with Gasteiger partial charge in [-0.3, -0.25) is 9.59 Å². The minimum Gasteiger partial charge on any atom is -0.338 e. The van der Waals surface area contributed by atoms with Crippen LogP contribution >= 0.6 is 0 Å². The molecule has 1 heterocycles. The van der Waals surface area contributed by atoms with Gasteiger partial charge < -0.3 is 15.6 Å². The molecule has 0 aliphatic heterocycles. The molecule has 0 spiro atoms. The molecule has 34 heavy (non-hydrogen) atoms. The Morgan fingerprint density at radius 1 is 0.912 bits per heavy atom. The highest BCUT2D eigenvalue weighted by Crippen LogP contribution is 2.25. The van der Waals surface area contributed by atoms with E-state index in [0.717, 1.165) is 53.8 Å². The zero-order valence-corrected chi connectivity index (χ0v) is 19.6. The summed E-state index contributed by atoms with van der Waals surface area (Å²) in [5.41, 5.74) is 4.65. The second-order valence-corrected chi connectivity index (χ2v) is 8.45. The third kappa shape index (κ3) is 5.52. The van der Waals surface area contributed by atoms with E-state index in [0.29, 0.717) is 11.3 Å². The van der Waals surface area contributed by atoms with Crippen molar-refractivity contribution in [1.82, 2.24) is 9.97 Å². The van der Waals surface area contributed by atoms with Crippen molar-refractivity contribution in [3.63, 3.8) is 0 Å². The maximum Gasteiger partial charge on any atom is 0.255 e. The van der Waals surface area contributed by atoms with E-state index < -0.39 is 0 Å². The van der Waals surface area contributed by atoms with E-state index in [1.807, 2.05) is 60.7 Å². The summed E-state index contributed by atoms with van der Waals surface area (Å²) in [5, 5.41) is 5.96. The molecular weight excluding hydrogens is 424 g/mol. The molecule has 0 fully saturated rings. The predicted molar refractivity (Wildman–Crippen MR) is 138 cm³/mol. The molecule has 3 aromatic carbocycles. The second kappa shape index (κ2) is 10.8. The van der Waals surface area contributed by atoms with E-state index in [1.54, 1.807) is 12.1 Å². The van der Waals surface area contributed by atoms with Crippen molar-refractivity contribution in [3.05, 3.63) is 78.4 Å². The highest BCUT2D eigenvalue weighted by atomic mass is 16.2. The Hall–Kier alpha value is -3.93. The molecule has 6 heteroatoms. The number of anilines is 2. The number of carbonyl (C=O) groups excluding carboxylic acids is 2. The van der Waals surface area contributed by atoms with Crippen molar-refractivity contribution >= 4 is 34.2 Å². The van der Waals surface area contributed by atoms with Crippen LogP contribution in [0.4, 0.5) is 11.4 Å². The summed E-state index contributed by atoms with van der Waals surface area (Å²) in [5.74, 6) is 0.704. The van der Waals surface area contributed by atoms with Crippen LogP contribution in [0, 0.1) is 5.92 Å². The van der Waals surface area contributed by atoms with Crippen molar-refractivity contribution in [2.75, 3.05) is 10.6 Å². The maximum absolute atomic E-state index is 12.6. The number of hydrogen-bond acceptors (Lipinski definition) is 3. The van der Waals surface area contributed by atoms with E-state index in [1.165, 1.54) is 0 Å². The molecule has 3 N–H and O–H groups in total. The van der Waals surface area contributed by atoms with Crippen LogP contribution in [0.3, 0.4) is 0 Å². The first-order valence-corrected chi connectivity index (χ1v) is 11.8. The number of nitrogens with zero attached hydrogens (tertiary/aromatic N) is 1. The molecule has 6 nitrogen and oxygen atoms in total. The van der Waals surface area contributed by atoms with Crippen molar-refractivity contribution < 1.29 is 9.59 Å². The fourth-order valence-corrected chi connectivity index (χ4v) is 3.94. The number of unbranched alkanes of at least 4 members (excludes halogenated alkanes) is 1. The molecule has 0 saturated heterocycles. The van der Waals surface area contributed by atoms with Gasteiger partial charge in [0.25, 0.3) is 5.91 Å². The van der Waals surface area contributed by atoms with Crippen molar-refractivity contribution in [2.24, 2.45) is 5.92 Å². The Balaban J connectivity index is 1.45. The predicted octanol–water partition coefficient (Wildman–Crippen LogP) is 6.64. The van der Waals surface area contributed by atoms with Crippen molar-refractivity contribution in [1.29, 1.82) is 0 Å². The number of carbonyl (C=O) groups is 2. The van der Waals surface area contributed by atoms with Gasteiger partial charge in [-0.15, -0.1) is 0 Å². The zero-order valence-electron chi connectivity index (χ0n) is 19.6. The van der Waals surface area contributed by atoms with Crippen LogP contribution in [-0.2, 0) is 4.79 Å². The minimum atomic E-state index is -0.155. The summed E-state index contributed by atoms with van der Waals surface area (Å²) in [6.07, 6.45) is 3.92. The molecule has 174 valence electrons. The summed E-state index contributed by atoms with van der Waals surface area (Å²) in [7, 11) is 0. The topological polar surface area (TPSA) is 86.9 Å². The molecule has 4 aromatic rings. The molecule has 4 rings (SSSR count). The van der Waals surface area contributed by atoms with Crippen LogP contribution < -0.4 is 10.6 Å². The molecular formula is C28H30N4O2. The normalized spacial score (nSPS) is 11.8. The SMILES string of the molecule is CCCCC(CC)C(=O)Nc1ccc(-c2nc3ccc(NC(=O)c4ccccc4)cc3[nH]2)cc1. The molecule has 1 atom stereocenters. The lowest BCUT2D eigenvalue weighted by molar-refractivity contribution is -0.120. The van der Waals surface area contributed by atoms with Gasteiger partial charge in [0.2, 0.25) is 5.91 Å². The number of aromatic nitrogens is 2. The monoisotopic (exact) mass is 454 g/mol. The highest BCUT2D eigenvalue weighted by Gasteiger charge is 2.16. The molecule has 0 aliphatic rings. The molecule has 2 amide bonds. The number of fused-ring (bicyclic) bond motifs is 1. The van der Waals surface area contributed by atoms with Gasteiger partial charge in [0.1, 0.15) is 5.82 Å². The van der Waals surface area contributed by atoms with E-state index in [2.05, 4.69) is 34.4 Å². The molecule has 0 saturated carbocycles. The lowest BCUT2D eigenvalue weighted by Crippen LogP contribution is -2.22. The van der Waals surface area contributed by atoms with Gasteiger partial charge in [-0.1, -0.05) is 44.9 Å². The summed E-state index contributed by atoms with van der Waals surface area (Å²) in [6, 6.07) is 22.4. The number of rotatable bonds is 9. The van der Waals surface area contributed by atoms with Gasteiger partial charge in [0.05, 0.1) is 11.0 Å². The Labute approximate surface area is 199 Å². The van der Waals surface area contributed by atoms with Crippen LogP contribution in [0.25, 0.3) is 22.4 Å². The van der Waals surface area contributed by atoms with Crippen LogP contribution in [0.1, 0.15) is 49.9 Å². The molecule has 0 radical (unpaired) electrons. The molecule has 0 aliphatic carbocycles. The first kappa shape index (κ1) is 23.2. The summed E-state index contributed by atoms with van der Waals surface area (Å²) >= 11 is 0. The largest absolute Gasteiger partial charge is 0.338 e. The number of H-pyrrole nitrogens is 1. The number of nitrogens with one attached hydrogen (secondary N) is 3. The van der Waals surface area contributed by atoms with Gasteiger partial charge in [-0.25, -0.2) is 4.98 Å². The van der Waals surface area contributed by atoms with E-state index in [4.69, 9.17) is 0 Å². The Morgan fingerprint density at radius 2 is 1.65 bits per heavy atom. The standard InChI is InChI=1S/C28H30N4O2/c1-3-5-9-19(4-2)27(33)29-22-14-12-20(13-15-22)26-31-24-17-16-23(18-25(24)32-26)30-28(34)21-10-7-6-8-11-21/h6-8,10-19H,3-5,9H2,1-2H3,(H,29,33)(H,30,34)(H,31,32). The van der Waals surface area contributed by atoms with Gasteiger partial charge >= 0.3 is 0 Å². The van der Waals surface area contributed by atoms with E-state index in [9.17, 15) is 9.59 Å². The Morgan fingerprint density at radius 3 is 2.35 bits per heavy atom. The van der Waals surface area contributed by atoms with Crippen LogP contribution in [0.2, 0.25) is 0 Å².